The van der Waals surface area contributed by atoms with Crippen molar-refractivity contribution in [3.63, 3.8) is 0 Å². The molecule has 3 aliphatic carbocycles. The van der Waals surface area contributed by atoms with Gasteiger partial charge in [0.2, 0.25) is 0 Å². The molecule has 414 valence electrons. The van der Waals surface area contributed by atoms with Crippen LogP contribution in [0.3, 0.4) is 0 Å². The van der Waals surface area contributed by atoms with Crippen LogP contribution in [0.4, 0.5) is 0 Å². The fraction of sp³-hybridized carbons (Fsp3) is 0.576. The Kier molecular flexibility index (Phi) is 17.0. The fourth-order valence-corrected chi connectivity index (χ4v) is 16.7. The summed E-state index contributed by atoms with van der Waals surface area (Å²) >= 11 is 0. The van der Waals surface area contributed by atoms with Gasteiger partial charge >= 0.3 is 23.9 Å². The van der Waals surface area contributed by atoms with Gasteiger partial charge in [-0.25, -0.2) is 9.59 Å². The van der Waals surface area contributed by atoms with Crippen molar-refractivity contribution in [3.8, 4) is 0 Å². The first-order chi connectivity index (χ1) is 35.6. The SMILES string of the molecule is CC[Si](CC)(CC)OC1C[C@H]2OC[C@@]2(OC(C)=O)[C@H]2[C@H](OC(=O)c3ccccc3)[C@]3(O)C[C@H](OC(=O)C(O[Si](C)(C)C(C)(C)C)[C@@H](NC(=O)c4ccccc4)c4ccccc4)C(C)=C([C@H](OC(C)=O)[C@H](O)[C@]12C)C3(C)C. The highest BCUT2D eigenvalue weighted by molar-refractivity contribution is 6.74. The van der Waals surface area contributed by atoms with E-state index in [2.05, 4.69) is 26.1 Å². The summed E-state index contributed by atoms with van der Waals surface area (Å²) in [4.78, 5) is 72.1. The summed E-state index contributed by atoms with van der Waals surface area (Å²) in [5.41, 5.74) is -5.45. The van der Waals surface area contributed by atoms with Crippen LogP contribution in [0.5, 0.6) is 0 Å². The van der Waals surface area contributed by atoms with Crippen LogP contribution in [0, 0.1) is 16.7 Å². The van der Waals surface area contributed by atoms with Gasteiger partial charge in [0.1, 0.15) is 30.0 Å². The summed E-state index contributed by atoms with van der Waals surface area (Å²) in [6, 6.07) is 27.0. The standard InChI is InChI=1S/C59H81NO14Si2/c1-15-76(16-2,17-3)73-43-33-44-58(35-68-44,72-38(6)62)49-51(71-53(65)41-31-25-20-26-32-41)59(67)34-42(36(4)45(56(59,10)11)47(69-37(5)61)50(63)57(43,49)12)70-54(66)48(74-75(13,14)55(7,8)9)46(39-27-21-18-22-28-39)60-52(64)40-29-23-19-24-30-40/h18-32,42-44,46-51,63,67H,15-17,33-35H2,1-14H3,(H,60,64)/t42-,43?,44+,46-,47-,48?,49-,50-,51-,57+,58-,59+/m0/s1. The number of fused-ring (bicyclic) bond motifs is 5. The molecule has 7 rings (SSSR count). The van der Waals surface area contributed by atoms with Gasteiger partial charge in [0, 0.05) is 43.1 Å². The molecule has 76 heavy (non-hydrogen) atoms. The number of nitrogens with one attached hydrogen (secondary N) is 1. The third kappa shape index (κ3) is 10.5. The van der Waals surface area contributed by atoms with Crippen LogP contribution in [0.1, 0.15) is 128 Å². The minimum Gasteiger partial charge on any atom is -0.456 e. The predicted octanol–water partition coefficient (Wildman–Crippen LogP) is 9.59. The van der Waals surface area contributed by atoms with Gasteiger partial charge in [-0.05, 0) is 84.2 Å². The smallest absolute Gasteiger partial charge is 0.338 e. The van der Waals surface area contributed by atoms with E-state index >= 15 is 4.79 Å². The summed E-state index contributed by atoms with van der Waals surface area (Å²) in [7, 11) is -5.54. The number of aliphatic hydroxyl groups is 2. The normalized spacial score (nSPS) is 29.9. The number of carbonyl (C=O) groups excluding carboxylic acids is 5. The minimum absolute atomic E-state index is 0.150. The summed E-state index contributed by atoms with van der Waals surface area (Å²) in [5.74, 6) is -4.89. The molecule has 1 saturated heterocycles. The molecule has 4 aliphatic rings. The monoisotopic (exact) mass is 1080 g/mol. The molecule has 0 aromatic heterocycles. The molecule has 3 N–H and O–H groups in total. The Labute approximate surface area is 451 Å². The molecule has 0 radical (unpaired) electrons. The highest BCUT2D eigenvalue weighted by Gasteiger charge is 2.79. The zero-order valence-corrected chi connectivity index (χ0v) is 48.9. The molecule has 3 fully saturated rings. The van der Waals surface area contributed by atoms with Crippen LogP contribution in [-0.2, 0) is 46.9 Å². The lowest BCUT2D eigenvalue weighted by Crippen LogP contribution is -2.83. The van der Waals surface area contributed by atoms with Gasteiger partial charge in [-0.2, -0.15) is 0 Å². The summed E-state index contributed by atoms with van der Waals surface area (Å²) in [6.07, 6.45) is -9.70. The average Bonchev–Trinajstić information content (AvgIpc) is 3.54. The molecule has 2 saturated carbocycles. The van der Waals surface area contributed by atoms with Crippen LogP contribution in [0.25, 0.3) is 0 Å². The van der Waals surface area contributed by atoms with E-state index in [1.54, 1.807) is 113 Å². The number of amides is 1. The largest absolute Gasteiger partial charge is 0.456 e. The molecule has 1 aliphatic heterocycles. The third-order valence-electron chi connectivity index (χ3n) is 18.2. The Morgan fingerprint density at radius 3 is 1.86 bits per heavy atom. The predicted molar refractivity (Wildman–Crippen MR) is 291 cm³/mol. The maximum absolute atomic E-state index is 15.7. The van der Waals surface area contributed by atoms with Crippen molar-refractivity contribution in [1.82, 2.24) is 5.32 Å². The Morgan fingerprint density at radius 1 is 0.803 bits per heavy atom. The van der Waals surface area contributed by atoms with E-state index < -0.39 is 135 Å². The van der Waals surface area contributed by atoms with Crippen LogP contribution < -0.4 is 5.32 Å². The molecule has 3 aromatic carbocycles. The zero-order valence-electron chi connectivity index (χ0n) is 46.9. The van der Waals surface area contributed by atoms with E-state index in [1.165, 1.54) is 13.8 Å². The van der Waals surface area contributed by atoms with Crippen molar-refractivity contribution in [1.29, 1.82) is 0 Å². The number of hydrogen-bond donors (Lipinski definition) is 3. The molecule has 3 aromatic rings. The van der Waals surface area contributed by atoms with Crippen molar-refractivity contribution in [2.24, 2.45) is 16.7 Å². The van der Waals surface area contributed by atoms with Crippen LogP contribution in [0.2, 0.25) is 36.3 Å². The van der Waals surface area contributed by atoms with Crippen molar-refractivity contribution in [2.45, 2.75) is 192 Å². The van der Waals surface area contributed by atoms with Crippen molar-refractivity contribution in [2.75, 3.05) is 6.61 Å². The van der Waals surface area contributed by atoms with E-state index in [4.69, 9.17) is 32.5 Å². The van der Waals surface area contributed by atoms with Crippen molar-refractivity contribution >= 4 is 46.4 Å². The number of ether oxygens (including phenoxy) is 5. The van der Waals surface area contributed by atoms with E-state index in [1.807, 2.05) is 39.9 Å². The molecule has 15 nitrogen and oxygen atoms in total. The molecule has 2 unspecified atom stereocenters. The molecular weight excluding hydrogens is 1000 g/mol. The van der Waals surface area contributed by atoms with E-state index in [-0.39, 0.29) is 24.2 Å². The zero-order chi connectivity index (χ0) is 56.0. The Hall–Kier alpha value is -5.02. The van der Waals surface area contributed by atoms with Gasteiger partial charge in [0.05, 0.1) is 30.2 Å². The Morgan fingerprint density at radius 2 is 1.36 bits per heavy atom. The Balaban J connectivity index is 1.49. The van der Waals surface area contributed by atoms with Crippen molar-refractivity contribution in [3.05, 3.63) is 119 Å². The van der Waals surface area contributed by atoms with Gasteiger partial charge in [0.25, 0.3) is 5.91 Å². The first kappa shape index (κ1) is 58.7. The van der Waals surface area contributed by atoms with Gasteiger partial charge < -0.3 is 48.1 Å². The van der Waals surface area contributed by atoms with E-state index in [0.29, 0.717) is 16.7 Å². The molecular formula is C59H81NO14Si2. The topological polar surface area (TPSA) is 202 Å². The molecule has 1 heterocycles. The average molecular weight is 1080 g/mol. The lowest BCUT2D eigenvalue weighted by Gasteiger charge is -2.70. The second-order valence-electron chi connectivity index (χ2n) is 23.7. The summed E-state index contributed by atoms with van der Waals surface area (Å²) < 4.78 is 47.3. The number of hydrogen-bond acceptors (Lipinski definition) is 14. The highest BCUT2D eigenvalue weighted by atomic mass is 28.4. The third-order valence-corrected chi connectivity index (χ3v) is 27.3. The number of esters is 4. The van der Waals surface area contributed by atoms with Gasteiger partial charge in [-0.15, -0.1) is 0 Å². The number of rotatable bonds is 17. The molecule has 2 bridgehead atoms. The van der Waals surface area contributed by atoms with Crippen LogP contribution in [0.15, 0.2) is 102 Å². The number of aliphatic hydroxyl groups excluding tert-OH is 1. The molecule has 17 heteroatoms. The first-order valence-corrected chi connectivity index (χ1v) is 32.3. The second kappa shape index (κ2) is 22.0. The number of carbonyl (C=O) groups is 5. The van der Waals surface area contributed by atoms with Gasteiger partial charge in [0.15, 0.2) is 34.4 Å². The van der Waals surface area contributed by atoms with Gasteiger partial charge in [-0.3, -0.25) is 14.4 Å². The fourth-order valence-electron chi connectivity index (χ4n) is 12.5. The van der Waals surface area contributed by atoms with Gasteiger partial charge in [-0.1, -0.05) is 129 Å². The minimum atomic E-state index is -2.93. The maximum atomic E-state index is 15.7. The molecule has 1 amide bonds. The van der Waals surface area contributed by atoms with Crippen molar-refractivity contribution < 1.29 is 66.7 Å². The lowest BCUT2D eigenvalue weighted by atomic mass is 9.44. The van der Waals surface area contributed by atoms with Crippen LogP contribution in [-0.4, -0.2) is 117 Å². The maximum Gasteiger partial charge on any atom is 0.338 e. The van der Waals surface area contributed by atoms with E-state index in [9.17, 15) is 29.4 Å². The second-order valence-corrected chi connectivity index (χ2v) is 33.2. The molecule has 12 atom stereocenters. The quantitative estimate of drug-likeness (QED) is 0.0499. The van der Waals surface area contributed by atoms with Crippen LogP contribution >= 0.6 is 0 Å². The summed E-state index contributed by atoms with van der Waals surface area (Å²) in [6.45, 7) is 25.6. The lowest BCUT2D eigenvalue weighted by molar-refractivity contribution is -0.363. The highest BCUT2D eigenvalue weighted by Crippen LogP contribution is 2.66. The Bertz CT molecular complexity index is 2630. The first-order valence-electron chi connectivity index (χ1n) is 26.9. The summed E-state index contributed by atoms with van der Waals surface area (Å²) in [5, 5.41) is 30.9. The van der Waals surface area contributed by atoms with E-state index in [0.717, 1.165) is 18.1 Å². The molecule has 0 spiro atoms. The number of benzene rings is 3.